The Morgan fingerprint density at radius 2 is 1.62 bits per heavy atom. The zero-order valence-electron chi connectivity index (χ0n) is 14.0. The van der Waals surface area contributed by atoms with Gasteiger partial charge in [0.1, 0.15) is 5.60 Å². The van der Waals surface area contributed by atoms with E-state index in [0.29, 0.717) is 13.1 Å². The van der Waals surface area contributed by atoms with Gasteiger partial charge in [-0.05, 0) is 45.7 Å². The summed E-state index contributed by atoms with van der Waals surface area (Å²) >= 11 is 0. The number of hydrogen-bond donors (Lipinski definition) is 0. The maximum Gasteiger partial charge on any atom is 0.429 e. The largest absolute Gasteiger partial charge is 0.442 e. The van der Waals surface area contributed by atoms with Crippen molar-refractivity contribution < 1.29 is 19.2 Å². The van der Waals surface area contributed by atoms with Gasteiger partial charge in [-0.25, -0.2) is 14.8 Å². The molecule has 1 aromatic carbocycles. The molecule has 130 valence electrons. The lowest BCUT2D eigenvalue weighted by atomic mass is 10.1. The van der Waals surface area contributed by atoms with Crippen LogP contribution in [0, 0.1) is 10.1 Å². The Morgan fingerprint density at radius 3 is 2.12 bits per heavy atom. The fourth-order valence-electron chi connectivity index (χ4n) is 2.35. The van der Waals surface area contributed by atoms with E-state index in [2.05, 4.69) is 0 Å². The molecule has 1 heterocycles. The van der Waals surface area contributed by atoms with E-state index in [4.69, 9.17) is 4.74 Å². The molecular formula is C16H21N3O5. The van der Waals surface area contributed by atoms with Crippen LogP contribution in [0.2, 0.25) is 0 Å². The molecule has 0 bridgehead atoms. The zero-order chi connectivity index (χ0) is 17.9. The Labute approximate surface area is 140 Å². The molecule has 1 aromatic rings. The lowest BCUT2D eigenvalue weighted by Gasteiger charge is -2.38. The summed E-state index contributed by atoms with van der Waals surface area (Å²) in [6.45, 7) is 6.08. The fraction of sp³-hybridized carbons (Fsp3) is 0.500. The lowest BCUT2D eigenvalue weighted by molar-refractivity contribution is -0.384. The third-order valence-corrected chi connectivity index (χ3v) is 3.45. The molecule has 1 aliphatic heterocycles. The number of amides is 2. The lowest BCUT2D eigenvalue weighted by Crippen LogP contribution is -2.54. The number of carbonyl (C=O) groups is 2. The Kier molecular flexibility index (Phi) is 5.06. The van der Waals surface area contributed by atoms with E-state index < -0.39 is 16.6 Å². The van der Waals surface area contributed by atoms with Crippen molar-refractivity contribution in [2.24, 2.45) is 0 Å². The van der Waals surface area contributed by atoms with E-state index in [1.807, 2.05) is 0 Å². The van der Waals surface area contributed by atoms with E-state index in [9.17, 15) is 19.7 Å². The highest BCUT2D eigenvalue weighted by Crippen LogP contribution is 2.20. The molecule has 1 saturated heterocycles. The number of carbonyl (C=O) groups excluding carboxylic acids is 2. The minimum absolute atomic E-state index is 0.0887. The number of hydrogen-bond acceptors (Lipinski definition) is 5. The monoisotopic (exact) mass is 335 g/mol. The van der Waals surface area contributed by atoms with Crippen LogP contribution in [-0.4, -0.2) is 45.6 Å². The molecule has 0 spiro atoms. The Bertz CT molecular complexity index is 636. The number of ether oxygens (including phenoxy) is 1. The quantitative estimate of drug-likeness (QED) is 0.612. The maximum absolute atomic E-state index is 12.7. The van der Waals surface area contributed by atoms with Gasteiger partial charge in [-0.1, -0.05) is 0 Å². The fourth-order valence-corrected chi connectivity index (χ4v) is 2.35. The summed E-state index contributed by atoms with van der Waals surface area (Å²) < 4.78 is 5.35. The van der Waals surface area contributed by atoms with Gasteiger partial charge in [0, 0.05) is 30.8 Å². The number of rotatable bonds is 2. The Balaban J connectivity index is 2.18. The van der Waals surface area contributed by atoms with Crippen LogP contribution < -0.4 is 0 Å². The first-order valence-corrected chi connectivity index (χ1v) is 7.76. The summed E-state index contributed by atoms with van der Waals surface area (Å²) in [5.74, 6) is -0.379. The van der Waals surface area contributed by atoms with Gasteiger partial charge < -0.3 is 4.74 Å². The summed E-state index contributed by atoms with van der Waals surface area (Å²) in [5.41, 5.74) is -0.457. The van der Waals surface area contributed by atoms with Gasteiger partial charge in [-0.3, -0.25) is 14.9 Å². The van der Waals surface area contributed by atoms with Crippen molar-refractivity contribution in [3.8, 4) is 0 Å². The highest BCUT2D eigenvalue weighted by molar-refractivity contribution is 5.95. The van der Waals surface area contributed by atoms with Gasteiger partial charge in [0.25, 0.3) is 11.6 Å². The van der Waals surface area contributed by atoms with E-state index in [0.717, 1.165) is 12.8 Å². The van der Waals surface area contributed by atoms with Gasteiger partial charge in [-0.15, -0.1) is 0 Å². The van der Waals surface area contributed by atoms with E-state index in [-0.39, 0.29) is 17.2 Å². The van der Waals surface area contributed by atoms with Gasteiger partial charge >= 0.3 is 6.09 Å². The number of nitro benzene ring substituents is 1. The third kappa shape index (κ3) is 4.21. The zero-order valence-corrected chi connectivity index (χ0v) is 14.0. The van der Waals surface area contributed by atoms with Crippen LogP contribution in [0.5, 0.6) is 0 Å². The van der Waals surface area contributed by atoms with Crippen LogP contribution in [0.1, 0.15) is 44.0 Å². The molecule has 0 unspecified atom stereocenters. The van der Waals surface area contributed by atoms with Crippen molar-refractivity contribution >= 4 is 17.7 Å². The van der Waals surface area contributed by atoms with Crippen molar-refractivity contribution in [1.82, 2.24) is 10.0 Å². The van der Waals surface area contributed by atoms with E-state index in [1.165, 1.54) is 34.3 Å². The smallest absolute Gasteiger partial charge is 0.429 e. The van der Waals surface area contributed by atoms with Crippen LogP contribution in [0.4, 0.5) is 10.5 Å². The van der Waals surface area contributed by atoms with Crippen molar-refractivity contribution in [3.63, 3.8) is 0 Å². The topological polar surface area (TPSA) is 93.0 Å². The molecule has 2 rings (SSSR count). The Morgan fingerprint density at radius 1 is 1.08 bits per heavy atom. The number of nitrogens with zero attached hydrogens (tertiary/aromatic N) is 3. The maximum atomic E-state index is 12.7. The molecule has 1 aliphatic rings. The summed E-state index contributed by atoms with van der Waals surface area (Å²) in [6, 6.07) is 5.33. The Hall–Kier alpha value is -2.64. The number of nitro groups is 1. The summed E-state index contributed by atoms with van der Waals surface area (Å²) in [6.07, 6.45) is 0.985. The highest BCUT2D eigenvalue weighted by Gasteiger charge is 2.32. The van der Waals surface area contributed by atoms with Crippen LogP contribution in [0.25, 0.3) is 0 Å². The molecule has 0 atom stereocenters. The SMILES string of the molecule is CC(C)(C)OC(=O)N1CCCCN1C(=O)c1ccc([N+](=O)[O-])cc1. The first-order valence-electron chi connectivity index (χ1n) is 7.76. The second-order valence-electron chi connectivity index (χ2n) is 6.54. The number of hydrazine groups is 1. The third-order valence-electron chi connectivity index (χ3n) is 3.45. The molecule has 2 amide bonds. The molecule has 0 saturated carbocycles. The van der Waals surface area contributed by atoms with Gasteiger partial charge in [0.05, 0.1) is 4.92 Å². The van der Waals surface area contributed by atoms with Crippen LogP contribution in [0.15, 0.2) is 24.3 Å². The molecule has 0 N–H and O–H groups in total. The first-order chi connectivity index (χ1) is 11.2. The normalized spacial score (nSPS) is 15.1. The van der Waals surface area contributed by atoms with E-state index >= 15 is 0 Å². The first kappa shape index (κ1) is 17.7. The molecule has 24 heavy (non-hydrogen) atoms. The summed E-state index contributed by atoms with van der Waals surface area (Å²) in [5, 5.41) is 13.3. The van der Waals surface area contributed by atoms with Gasteiger partial charge in [0.15, 0.2) is 0 Å². The predicted octanol–water partition coefficient (Wildman–Crippen LogP) is 2.98. The average molecular weight is 335 g/mol. The molecule has 0 aliphatic carbocycles. The highest BCUT2D eigenvalue weighted by atomic mass is 16.6. The average Bonchev–Trinajstić information content (AvgIpc) is 2.52. The second-order valence-corrected chi connectivity index (χ2v) is 6.54. The van der Waals surface area contributed by atoms with Gasteiger partial charge in [0.2, 0.25) is 0 Å². The molecule has 0 radical (unpaired) electrons. The molecule has 0 aromatic heterocycles. The second kappa shape index (κ2) is 6.86. The molecule has 8 nitrogen and oxygen atoms in total. The van der Waals surface area contributed by atoms with Crippen LogP contribution in [-0.2, 0) is 4.74 Å². The molecular weight excluding hydrogens is 314 g/mol. The standard InChI is InChI=1S/C16H21N3O5/c1-16(2,3)24-15(21)18-11-5-4-10-17(18)14(20)12-6-8-13(9-7-12)19(22)23/h6-9H,4-5,10-11H2,1-3H3. The number of benzene rings is 1. The molecule has 1 fully saturated rings. The minimum atomic E-state index is -0.656. The van der Waals surface area contributed by atoms with E-state index in [1.54, 1.807) is 20.8 Å². The summed E-state index contributed by atoms with van der Waals surface area (Å²) in [4.78, 5) is 35.2. The number of non-ortho nitro benzene ring substituents is 1. The van der Waals surface area contributed by atoms with Crippen molar-refractivity contribution in [2.75, 3.05) is 13.1 Å². The van der Waals surface area contributed by atoms with Crippen molar-refractivity contribution in [2.45, 2.75) is 39.2 Å². The molecule has 8 heteroatoms. The minimum Gasteiger partial charge on any atom is -0.442 e. The van der Waals surface area contributed by atoms with Crippen molar-refractivity contribution in [3.05, 3.63) is 39.9 Å². The van der Waals surface area contributed by atoms with Crippen molar-refractivity contribution in [1.29, 1.82) is 0 Å². The van der Waals surface area contributed by atoms with Crippen LogP contribution >= 0.6 is 0 Å². The predicted molar refractivity (Wildman–Crippen MR) is 86.3 cm³/mol. The van der Waals surface area contributed by atoms with Crippen LogP contribution in [0.3, 0.4) is 0 Å². The van der Waals surface area contributed by atoms with Gasteiger partial charge in [-0.2, -0.15) is 0 Å². The summed E-state index contributed by atoms with van der Waals surface area (Å²) in [7, 11) is 0.